The number of alkyl carbamates (subject to hydrolysis) is 1. The standard InChI is InChI=1S/C27H31N3O4S/c1-6-19-14-11-15-21(16-19)23(24(31)28-17-20-12-9-8-10-13-20)30(7-2)25(32)22(18-35)29-26(33)34-27(3,4)5/h2,6,8-16,22-23,35H,1,17-18H2,3-5H3,(H,28,31)(H,29,33). The first-order valence-electron chi connectivity index (χ1n) is 11.0. The van der Waals surface area contributed by atoms with Crippen LogP contribution in [0.5, 0.6) is 0 Å². The van der Waals surface area contributed by atoms with Crippen molar-refractivity contribution in [2.45, 2.75) is 45.0 Å². The summed E-state index contributed by atoms with van der Waals surface area (Å²) in [6, 6.07) is 16.4. The van der Waals surface area contributed by atoms with Crippen molar-refractivity contribution >= 4 is 36.6 Å². The summed E-state index contributed by atoms with van der Waals surface area (Å²) in [5.74, 6) is -1.20. The minimum absolute atomic E-state index is 0.0543. The molecule has 2 aromatic carbocycles. The summed E-state index contributed by atoms with van der Waals surface area (Å²) in [7, 11) is 0. The lowest BCUT2D eigenvalue weighted by Crippen LogP contribution is -2.52. The van der Waals surface area contributed by atoms with Crippen LogP contribution in [0.2, 0.25) is 0 Å². The van der Waals surface area contributed by atoms with Gasteiger partial charge >= 0.3 is 6.09 Å². The highest BCUT2D eigenvalue weighted by Crippen LogP contribution is 2.24. The van der Waals surface area contributed by atoms with E-state index in [1.807, 2.05) is 36.4 Å². The van der Waals surface area contributed by atoms with Gasteiger partial charge in [0.2, 0.25) is 5.91 Å². The fourth-order valence-electron chi connectivity index (χ4n) is 3.22. The molecule has 0 radical (unpaired) electrons. The summed E-state index contributed by atoms with van der Waals surface area (Å²) in [4.78, 5) is 40.1. The quantitative estimate of drug-likeness (QED) is 0.281. The summed E-state index contributed by atoms with van der Waals surface area (Å²) in [6.45, 7) is 9.13. The molecular formula is C27H31N3O4S. The first-order chi connectivity index (χ1) is 16.6. The topological polar surface area (TPSA) is 87.7 Å². The second kappa shape index (κ2) is 12.7. The Labute approximate surface area is 212 Å². The summed E-state index contributed by atoms with van der Waals surface area (Å²) in [6.07, 6.45) is 6.58. The molecule has 0 aliphatic heterocycles. The lowest BCUT2D eigenvalue weighted by atomic mass is 10.0. The molecule has 0 saturated heterocycles. The third-order valence-corrected chi connectivity index (χ3v) is 5.19. The summed E-state index contributed by atoms with van der Waals surface area (Å²) in [5.41, 5.74) is 1.38. The van der Waals surface area contributed by atoms with Crippen molar-refractivity contribution in [2.75, 3.05) is 5.75 Å². The number of carbonyl (C=O) groups is 3. The van der Waals surface area contributed by atoms with E-state index < -0.39 is 35.6 Å². The maximum atomic E-state index is 13.4. The third kappa shape index (κ3) is 8.23. The van der Waals surface area contributed by atoms with Gasteiger partial charge in [0, 0.05) is 18.3 Å². The van der Waals surface area contributed by atoms with Gasteiger partial charge in [-0.2, -0.15) is 12.6 Å². The zero-order valence-corrected chi connectivity index (χ0v) is 21.0. The van der Waals surface area contributed by atoms with Crippen molar-refractivity contribution in [3.63, 3.8) is 0 Å². The van der Waals surface area contributed by atoms with Crippen LogP contribution in [0.1, 0.15) is 43.5 Å². The van der Waals surface area contributed by atoms with E-state index in [0.717, 1.165) is 16.0 Å². The van der Waals surface area contributed by atoms with Crippen LogP contribution in [-0.2, 0) is 20.9 Å². The second-order valence-corrected chi connectivity index (χ2v) is 9.06. The van der Waals surface area contributed by atoms with Gasteiger partial charge in [-0.25, -0.2) is 4.79 Å². The smallest absolute Gasteiger partial charge is 0.408 e. The number of rotatable bonds is 9. The molecule has 0 bridgehead atoms. The number of terminal acetylenes is 1. The van der Waals surface area contributed by atoms with Crippen molar-refractivity contribution in [3.05, 3.63) is 77.9 Å². The number of nitrogens with one attached hydrogen (secondary N) is 2. The zero-order chi connectivity index (χ0) is 26.0. The molecule has 2 N–H and O–H groups in total. The Balaban J connectivity index is 2.36. The predicted molar refractivity (Wildman–Crippen MR) is 140 cm³/mol. The van der Waals surface area contributed by atoms with Gasteiger partial charge in [-0.1, -0.05) is 67.6 Å². The first kappa shape index (κ1) is 27.5. The molecule has 7 nitrogen and oxygen atoms in total. The maximum absolute atomic E-state index is 13.4. The van der Waals surface area contributed by atoms with Gasteiger partial charge in [-0.15, -0.1) is 0 Å². The molecule has 0 fully saturated rings. The van der Waals surface area contributed by atoms with Crippen LogP contribution in [0, 0.1) is 12.5 Å². The molecule has 0 aliphatic rings. The van der Waals surface area contributed by atoms with Crippen molar-refractivity contribution in [3.8, 4) is 12.5 Å². The van der Waals surface area contributed by atoms with E-state index in [4.69, 9.17) is 11.2 Å². The summed E-state index contributed by atoms with van der Waals surface area (Å²) >= 11 is 4.20. The Morgan fingerprint density at radius 1 is 1.17 bits per heavy atom. The van der Waals surface area contributed by atoms with E-state index in [-0.39, 0.29) is 12.3 Å². The Morgan fingerprint density at radius 3 is 2.43 bits per heavy atom. The van der Waals surface area contributed by atoms with E-state index in [9.17, 15) is 14.4 Å². The molecule has 2 aromatic rings. The molecule has 8 heteroatoms. The first-order valence-corrected chi connectivity index (χ1v) is 11.7. The highest BCUT2D eigenvalue weighted by molar-refractivity contribution is 7.80. The highest BCUT2D eigenvalue weighted by Gasteiger charge is 2.35. The molecule has 0 aromatic heterocycles. The number of benzene rings is 2. The van der Waals surface area contributed by atoms with Crippen LogP contribution < -0.4 is 10.6 Å². The average molecular weight is 494 g/mol. The number of hydrogen-bond acceptors (Lipinski definition) is 5. The summed E-state index contributed by atoms with van der Waals surface area (Å²) < 4.78 is 5.25. The number of amides is 3. The number of nitrogens with zero attached hydrogens (tertiary/aromatic N) is 1. The van der Waals surface area contributed by atoms with E-state index in [2.05, 4.69) is 35.9 Å². The summed E-state index contributed by atoms with van der Waals surface area (Å²) in [5, 5.41) is 5.34. The van der Waals surface area contributed by atoms with Crippen LogP contribution in [-0.4, -0.2) is 40.2 Å². The molecule has 3 amide bonds. The molecule has 35 heavy (non-hydrogen) atoms. The van der Waals surface area contributed by atoms with Gasteiger partial charge in [0.05, 0.1) is 0 Å². The fourth-order valence-corrected chi connectivity index (χ4v) is 3.47. The average Bonchev–Trinajstić information content (AvgIpc) is 2.83. The molecule has 0 aliphatic carbocycles. The lowest BCUT2D eigenvalue weighted by Gasteiger charge is -2.30. The third-order valence-electron chi connectivity index (χ3n) is 4.83. The van der Waals surface area contributed by atoms with Gasteiger partial charge in [0.25, 0.3) is 5.91 Å². The molecule has 2 unspecified atom stereocenters. The molecule has 0 heterocycles. The van der Waals surface area contributed by atoms with Gasteiger partial charge in [0.1, 0.15) is 17.7 Å². The Hall–Kier alpha value is -3.70. The largest absolute Gasteiger partial charge is 0.444 e. The maximum Gasteiger partial charge on any atom is 0.408 e. The molecule has 0 saturated carbocycles. The Kier molecular flexibility index (Phi) is 9.98. The van der Waals surface area contributed by atoms with Crippen molar-refractivity contribution in [1.82, 2.24) is 15.5 Å². The minimum atomic E-state index is -1.15. The molecule has 184 valence electrons. The van der Waals surface area contributed by atoms with Crippen molar-refractivity contribution in [1.29, 1.82) is 0 Å². The molecular weight excluding hydrogens is 462 g/mol. The molecule has 0 spiro atoms. The van der Waals surface area contributed by atoms with Crippen LogP contribution in [0.4, 0.5) is 4.79 Å². The van der Waals surface area contributed by atoms with E-state index >= 15 is 0 Å². The monoisotopic (exact) mass is 493 g/mol. The van der Waals surface area contributed by atoms with Gasteiger partial charge < -0.3 is 15.4 Å². The van der Waals surface area contributed by atoms with Crippen LogP contribution >= 0.6 is 12.6 Å². The normalized spacial score (nSPS) is 12.4. The Morgan fingerprint density at radius 2 is 1.86 bits per heavy atom. The predicted octanol–water partition coefficient (Wildman–Crippen LogP) is 3.93. The molecule has 2 rings (SSSR count). The van der Waals surface area contributed by atoms with E-state index in [1.54, 1.807) is 45.0 Å². The van der Waals surface area contributed by atoms with Gasteiger partial charge in [-0.3, -0.25) is 14.5 Å². The van der Waals surface area contributed by atoms with Crippen LogP contribution in [0.25, 0.3) is 6.08 Å². The van der Waals surface area contributed by atoms with E-state index in [1.165, 1.54) is 0 Å². The number of carbonyl (C=O) groups excluding carboxylic acids is 3. The van der Waals surface area contributed by atoms with E-state index in [0.29, 0.717) is 5.56 Å². The molecule has 2 atom stereocenters. The zero-order valence-electron chi connectivity index (χ0n) is 20.2. The SMILES string of the molecule is C#CN(C(=O)C(CS)NC(=O)OC(C)(C)C)C(C(=O)NCc1ccccc1)c1cccc(C=C)c1. The lowest BCUT2D eigenvalue weighted by molar-refractivity contribution is -0.138. The van der Waals surface area contributed by atoms with Gasteiger partial charge in [-0.05, 0) is 43.5 Å². The second-order valence-electron chi connectivity index (χ2n) is 8.70. The fraction of sp³-hybridized carbons (Fsp3) is 0.296. The number of ether oxygens (including phenoxy) is 1. The number of thiol groups is 1. The highest BCUT2D eigenvalue weighted by atomic mass is 32.1. The van der Waals surface area contributed by atoms with Crippen molar-refractivity contribution < 1.29 is 19.1 Å². The van der Waals surface area contributed by atoms with Crippen LogP contribution in [0.15, 0.2) is 61.2 Å². The van der Waals surface area contributed by atoms with Crippen molar-refractivity contribution in [2.24, 2.45) is 0 Å². The minimum Gasteiger partial charge on any atom is -0.444 e. The van der Waals surface area contributed by atoms with Gasteiger partial charge in [0.15, 0.2) is 0 Å². The Bertz CT molecular complexity index is 1090. The number of hydrogen-bond donors (Lipinski definition) is 3. The van der Waals surface area contributed by atoms with Crippen LogP contribution in [0.3, 0.4) is 0 Å².